The van der Waals surface area contributed by atoms with Gasteiger partial charge in [-0.15, -0.1) is 0 Å². The number of hydrogen-bond donors (Lipinski definition) is 1. The highest BCUT2D eigenvalue weighted by Crippen LogP contribution is 2.28. The quantitative estimate of drug-likeness (QED) is 0.768. The van der Waals surface area contributed by atoms with Crippen LogP contribution in [0.15, 0.2) is 0 Å². The van der Waals surface area contributed by atoms with E-state index in [4.69, 9.17) is 0 Å². The molecular weight excluding hydrogens is 236 g/mol. The Morgan fingerprint density at radius 1 is 1.11 bits per heavy atom. The van der Waals surface area contributed by atoms with Crippen molar-refractivity contribution in [3.05, 3.63) is 0 Å². The Morgan fingerprint density at radius 2 is 1.79 bits per heavy atom. The third-order valence-corrected chi connectivity index (χ3v) is 4.73. The van der Waals surface area contributed by atoms with Gasteiger partial charge >= 0.3 is 0 Å². The van der Waals surface area contributed by atoms with Crippen LogP contribution in [0.1, 0.15) is 65.2 Å². The number of amides is 1. The monoisotopic (exact) mass is 266 g/mol. The van der Waals surface area contributed by atoms with Crippen molar-refractivity contribution in [2.24, 2.45) is 5.92 Å². The van der Waals surface area contributed by atoms with Crippen molar-refractivity contribution < 1.29 is 4.79 Å². The summed E-state index contributed by atoms with van der Waals surface area (Å²) in [6.45, 7) is 5.79. The average molecular weight is 266 g/mol. The van der Waals surface area contributed by atoms with Crippen molar-refractivity contribution in [1.82, 2.24) is 10.2 Å². The van der Waals surface area contributed by atoms with Crippen LogP contribution in [-0.4, -0.2) is 36.0 Å². The van der Waals surface area contributed by atoms with Gasteiger partial charge in [0.25, 0.3) is 0 Å². The van der Waals surface area contributed by atoms with Gasteiger partial charge in [0.1, 0.15) is 0 Å². The molecule has 2 rings (SSSR count). The lowest BCUT2D eigenvalue weighted by molar-refractivity contribution is -0.130. The lowest BCUT2D eigenvalue weighted by atomic mass is 9.83. The molecule has 0 spiro atoms. The standard InChI is InChI=1S/C16H30N2O/c1-3-5-13-6-8-14(9-7-13)17-12-16(19)18(4-2)15-10-11-15/h13-15,17H,3-12H2,1-2H3. The number of carbonyl (C=O) groups excluding carboxylic acids is 1. The first-order valence-corrected chi connectivity index (χ1v) is 8.27. The van der Waals surface area contributed by atoms with E-state index in [-0.39, 0.29) is 0 Å². The summed E-state index contributed by atoms with van der Waals surface area (Å²) >= 11 is 0. The van der Waals surface area contributed by atoms with E-state index in [9.17, 15) is 4.79 Å². The Balaban J connectivity index is 1.64. The molecule has 0 heterocycles. The SMILES string of the molecule is CCCC1CCC(NCC(=O)N(CC)C2CC2)CC1. The lowest BCUT2D eigenvalue weighted by Crippen LogP contribution is -2.43. The van der Waals surface area contributed by atoms with Gasteiger partial charge in [-0.05, 0) is 51.4 Å². The third kappa shape index (κ3) is 4.48. The summed E-state index contributed by atoms with van der Waals surface area (Å²) in [6.07, 6.45) is 10.3. The van der Waals surface area contributed by atoms with E-state index in [2.05, 4.69) is 24.1 Å². The molecule has 2 aliphatic carbocycles. The molecule has 0 radical (unpaired) electrons. The van der Waals surface area contributed by atoms with E-state index >= 15 is 0 Å². The van der Waals surface area contributed by atoms with E-state index in [0.717, 1.165) is 12.5 Å². The van der Waals surface area contributed by atoms with Crippen molar-refractivity contribution in [3.63, 3.8) is 0 Å². The molecule has 2 fully saturated rings. The second kappa shape index (κ2) is 7.28. The number of carbonyl (C=O) groups is 1. The highest BCUT2D eigenvalue weighted by Gasteiger charge is 2.31. The normalized spacial score (nSPS) is 27.3. The fourth-order valence-electron chi connectivity index (χ4n) is 3.42. The molecule has 3 heteroatoms. The maximum atomic E-state index is 12.1. The van der Waals surface area contributed by atoms with Crippen LogP contribution in [0.5, 0.6) is 0 Å². The zero-order valence-corrected chi connectivity index (χ0v) is 12.7. The number of hydrogen-bond acceptors (Lipinski definition) is 2. The number of rotatable bonds is 7. The summed E-state index contributed by atoms with van der Waals surface area (Å²) in [5, 5.41) is 3.49. The Hall–Kier alpha value is -0.570. The minimum Gasteiger partial charge on any atom is -0.339 e. The molecule has 0 aromatic heterocycles. The smallest absolute Gasteiger partial charge is 0.236 e. The van der Waals surface area contributed by atoms with E-state index in [1.807, 2.05) is 0 Å². The maximum absolute atomic E-state index is 12.1. The van der Waals surface area contributed by atoms with E-state index in [1.54, 1.807) is 0 Å². The predicted molar refractivity (Wildman–Crippen MR) is 79.1 cm³/mol. The highest BCUT2D eigenvalue weighted by molar-refractivity contribution is 5.78. The maximum Gasteiger partial charge on any atom is 0.236 e. The first kappa shape index (κ1) is 14.8. The van der Waals surface area contributed by atoms with Crippen LogP contribution in [0, 0.1) is 5.92 Å². The van der Waals surface area contributed by atoms with Crippen LogP contribution in [0.2, 0.25) is 0 Å². The average Bonchev–Trinajstić information content (AvgIpc) is 3.24. The van der Waals surface area contributed by atoms with Crippen LogP contribution in [0.25, 0.3) is 0 Å². The van der Waals surface area contributed by atoms with E-state index in [0.29, 0.717) is 24.5 Å². The Labute approximate surface area is 118 Å². The van der Waals surface area contributed by atoms with Crippen molar-refractivity contribution >= 4 is 5.91 Å². The summed E-state index contributed by atoms with van der Waals surface area (Å²) in [5.41, 5.74) is 0. The Bertz CT molecular complexity index is 280. The molecule has 2 aliphatic rings. The van der Waals surface area contributed by atoms with Crippen LogP contribution >= 0.6 is 0 Å². The van der Waals surface area contributed by atoms with Crippen molar-refractivity contribution in [2.45, 2.75) is 77.3 Å². The largest absolute Gasteiger partial charge is 0.339 e. The fraction of sp³-hybridized carbons (Fsp3) is 0.938. The molecule has 1 N–H and O–H groups in total. The number of likely N-dealkylation sites (N-methyl/N-ethyl adjacent to an activating group) is 1. The Kier molecular flexibility index (Phi) is 5.68. The molecule has 0 aromatic carbocycles. The molecule has 0 bridgehead atoms. The summed E-state index contributed by atoms with van der Waals surface area (Å²) in [5.74, 6) is 1.25. The summed E-state index contributed by atoms with van der Waals surface area (Å²) in [4.78, 5) is 14.2. The topological polar surface area (TPSA) is 32.3 Å². The Morgan fingerprint density at radius 3 is 2.32 bits per heavy atom. The second-order valence-corrected chi connectivity index (χ2v) is 6.30. The summed E-state index contributed by atoms with van der Waals surface area (Å²) in [7, 11) is 0. The number of nitrogens with one attached hydrogen (secondary N) is 1. The van der Waals surface area contributed by atoms with Gasteiger partial charge in [0.05, 0.1) is 6.54 Å². The van der Waals surface area contributed by atoms with E-state index in [1.165, 1.54) is 51.4 Å². The molecule has 1 amide bonds. The highest BCUT2D eigenvalue weighted by atomic mass is 16.2. The molecule has 0 unspecified atom stereocenters. The zero-order valence-electron chi connectivity index (χ0n) is 12.7. The van der Waals surface area contributed by atoms with Crippen molar-refractivity contribution in [2.75, 3.05) is 13.1 Å². The van der Waals surface area contributed by atoms with Gasteiger partial charge in [-0.1, -0.05) is 19.8 Å². The first-order valence-electron chi connectivity index (χ1n) is 8.27. The molecular formula is C16H30N2O. The van der Waals surface area contributed by atoms with Gasteiger partial charge < -0.3 is 10.2 Å². The first-order chi connectivity index (χ1) is 9.24. The van der Waals surface area contributed by atoms with Gasteiger partial charge in [0, 0.05) is 18.6 Å². The third-order valence-electron chi connectivity index (χ3n) is 4.73. The van der Waals surface area contributed by atoms with Gasteiger partial charge in [-0.2, -0.15) is 0 Å². The summed E-state index contributed by atoms with van der Waals surface area (Å²) in [6, 6.07) is 1.13. The molecule has 0 aliphatic heterocycles. The summed E-state index contributed by atoms with van der Waals surface area (Å²) < 4.78 is 0. The lowest BCUT2D eigenvalue weighted by Gasteiger charge is -2.30. The molecule has 110 valence electrons. The van der Waals surface area contributed by atoms with Gasteiger partial charge in [0.2, 0.25) is 5.91 Å². The van der Waals surface area contributed by atoms with Crippen LogP contribution in [0.4, 0.5) is 0 Å². The zero-order chi connectivity index (χ0) is 13.7. The molecule has 0 atom stereocenters. The second-order valence-electron chi connectivity index (χ2n) is 6.30. The molecule has 2 saturated carbocycles. The van der Waals surface area contributed by atoms with E-state index < -0.39 is 0 Å². The molecule has 0 aromatic rings. The van der Waals surface area contributed by atoms with Gasteiger partial charge in [0.15, 0.2) is 0 Å². The van der Waals surface area contributed by atoms with Crippen molar-refractivity contribution in [1.29, 1.82) is 0 Å². The molecule has 0 saturated heterocycles. The van der Waals surface area contributed by atoms with Gasteiger partial charge in [-0.3, -0.25) is 4.79 Å². The minimum atomic E-state index is 0.306. The minimum absolute atomic E-state index is 0.306. The van der Waals surface area contributed by atoms with Crippen LogP contribution in [-0.2, 0) is 4.79 Å². The fourth-order valence-corrected chi connectivity index (χ4v) is 3.42. The van der Waals surface area contributed by atoms with Crippen LogP contribution < -0.4 is 5.32 Å². The molecule has 19 heavy (non-hydrogen) atoms. The predicted octanol–water partition coefficient (Wildman–Crippen LogP) is 2.95. The molecule has 3 nitrogen and oxygen atoms in total. The van der Waals surface area contributed by atoms with Gasteiger partial charge in [-0.25, -0.2) is 0 Å². The number of nitrogens with zero attached hydrogens (tertiary/aromatic N) is 1. The van der Waals surface area contributed by atoms with Crippen LogP contribution in [0.3, 0.4) is 0 Å². The van der Waals surface area contributed by atoms with Crippen molar-refractivity contribution in [3.8, 4) is 0 Å².